The van der Waals surface area contributed by atoms with Crippen LogP contribution in [0.1, 0.15) is 38.0 Å². The van der Waals surface area contributed by atoms with Gasteiger partial charge < -0.3 is 4.42 Å². The van der Waals surface area contributed by atoms with E-state index >= 15 is 0 Å². The van der Waals surface area contributed by atoms with Crippen molar-refractivity contribution in [2.24, 2.45) is 0 Å². The molecular formula is C17H18N2O. The number of rotatable bonds is 3. The maximum atomic E-state index is 5.91. The van der Waals surface area contributed by atoms with E-state index in [0.717, 1.165) is 28.9 Å². The van der Waals surface area contributed by atoms with Crippen LogP contribution in [0.25, 0.3) is 11.1 Å². The molecule has 0 saturated heterocycles. The van der Waals surface area contributed by atoms with Crippen molar-refractivity contribution in [2.45, 2.75) is 32.6 Å². The number of oxazole rings is 1. The van der Waals surface area contributed by atoms with Crippen LogP contribution in [0.15, 0.2) is 46.9 Å². The molecular weight excluding hydrogens is 248 g/mol. The van der Waals surface area contributed by atoms with Gasteiger partial charge in [-0.3, -0.25) is 4.98 Å². The van der Waals surface area contributed by atoms with Crippen LogP contribution >= 0.6 is 0 Å². The summed E-state index contributed by atoms with van der Waals surface area (Å²) in [6, 6.07) is 14.0. The predicted molar refractivity (Wildman–Crippen MR) is 79.8 cm³/mol. The number of fused-ring (bicyclic) bond motifs is 1. The van der Waals surface area contributed by atoms with Crippen molar-refractivity contribution in [1.29, 1.82) is 0 Å². The van der Waals surface area contributed by atoms with E-state index in [1.807, 2.05) is 42.5 Å². The molecule has 0 radical (unpaired) electrons. The van der Waals surface area contributed by atoms with Crippen LogP contribution in [0, 0.1) is 0 Å². The zero-order chi connectivity index (χ0) is 14.2. The molecule has 0 amide bonds. The van der Waals surface area contributed by atoms with Crippen LogP contribution in [0.3, 0.4) is 0 Å². The second-order valence-electron chi connectivity index (χ2n) is 5.48. The fourth-order valence-corrected chi connectivity index (χ4v) is 2.27. The minimum atomic E-state index is -0.343. The Morgan fingerprint density at radius 3 is 2.55 bits per heavy atom. The van der Waals surface area contributed by atoms with E-state index in [-0.39, 0.29) is 5.41 Å². The molecule has 102 valence electrons. The number of aromatic nitrogens is 2. The number of aryl methyl sites for hydroxylation is 1. The second-order valence-corrected chi connectivity index (χ2v) is 5.48. The maximum Gasteiger partial charge on any atom is 0.207 e. The summed E-state index contributed by atoms with van der Waals surface area (Å²) in [7, 11) is 0. The molecule has 0 atom stereocenters. The summed E-state index contributed by atoms with van der Waals surface area (Å²) in [5.74, 6) is 0.708. The first kappa shape index (κ1) is 12.9. The van der Waals surface area contributed by atoms with Gasteiger partial charge in [-0.1, -0.05) is 25.1 Å². The Labute approximate surface area is 118 Å². The Morgan fingerprint density at radius 2 is 1.80 bits per heavy atom. The van der Waals surface area contributed by atoms with Crippen molar-refractivity contribution in [3.05, 3.63) is 59.7 Å². The van der Waals surface area contributed by atoms with Crippen LogP contribution in [-0.2, 0) is 11.8 Å². The lowest BCUT2D eigenvalue weighted by molar-refractivity contribution is 0.425. The normalized spacial score (nSPS) is 11.9. The van der Waals surface area contributed by atoms with Crippen molar-refractivity contribution in [3.8, 4) is 0 Å². The van der Waals surface area contributed by atoms with Gasteiger partial charge in [0.25, 0.3) is 0 Å². The van der Waals surface area contributed by atoms with E-state index in [9.17, 15) is 0 Å². The first-order valence-electron chi connectivity index (χ1n) is 6.93. The minimum Gasteiger partial charge on any atom is -0.440 e. The zero-order valence-electron chi connectivity index (χ0n) is 12.1. The number of nitrogens with zero attached hydrogens (tertiary/aromatic N) is 2. The van der Waals surface area contributed by atoms with Gasteiger partial charge in [0.05, 0.1) is 11.1 Å². The van der Waals surface area contributed by atoms with Gasteiger partial charge in [0.15, 0.2) is 5.58 Å². The summed E-state index contributed by atoms with van der Waals surface area (Å²) < 4.78 is 5.91. The number of para-hydroxylation sites is 2. The molecule has 0 unspecified atom stereocenters. The van der Waals surface area contributed by atoms with Crippen LogP contribution in [0.5, 0.6) is 0 Å². The smallest absolute Gasteiger partial charge is 0.207 e. The van der Waals surface area contributed by atoms with Crippen LogP contribution in [-0.4, -0.2) is 9.97 Å². The number of benzene rings is 1. The zero-order valence-corrected chi connectivity index (χ0v) is 12.1. The number of hydrogen-bond donors (Lipinski definition) is 0. The van der Waals surface area contributed by atoms with Crippen molar-refractivity contribution in [3.63, 3.8) is 0 Å². The van der Waals surface area contributed by atoms with Crippen LogP contribution in [0.4, 0.5) is 0 Å². The molecule has 3 aromatic rings. The lowest BCUT2D eigenvalue weighted by Gasteiger charge is -2.20. The molecule has 0 fully saturated rings. The first-order chi connectivity index (χ1) is 9.61. The number of pyridine rings is 1. The molecule has 3 rings (SSSR count). The quantitative estimate of drug-likeness (QED) is 0.716. The summed E-state index contributed by atoms with van der Waals surface area (Å²) in [6.45, 7) is 6.30. The predicted octanol–water partition coefficient (Wildman–Crippen LogP) is 4.11. The van der Waals surface area contributed by atoms with E-state index < -0.39 is 0 Å². The SMILES string of the molecule is CCc1cccc(C(C)(C)c2nc3ccccc3o2)n1. The summed E-state index contributed by atoms with van der Waals surface area (Å²) in [5, 5.41) is 0. The molecule has 20 heavy (non-hydrogen) atoms. The third-order valence-electron chi connectivity index (χ3n) is 3.64. The van der Waals surface area contributed by atoms with Gasteiger partial charge in [0.2, 0.25) is 5.89 Å². The Kier molecular flexibility index (Phi) is 3.05. The third-order valence-corrected chi connectivity index (χ3v) is 3.64. The van der Waals surface area contributed by atoms with Crippen LogP contribution in [0.2, 0.25) is 0 Å². The summed E-state index contributed by atoms with van der Waals surface area (Å²) in [6.07, 6.45) is 0.928. The van der Waals surface area contributed by atoms with Gasteiger partial charge in [-0.2, -0.15) is 0 Å². The van der Waals surface area contributed by atoms with Crippen molar-refractivity contribution in [1.82, 2.24) is 9.97 Å². The monoisotopic (exact) mass is 266 g/mol. The van der Waals surface area contributed by atoms with Gasteiger partial charge >= 0.3 is 0 Å². The molecule has 0 N–H and O–H groups in total. The molecule has 0 spiro atoms. The van der Waals surface area contributed by atoms with E-state index in [0.29, 0.717) is 5.89 Å². The topological polar surface area (TPSA) is 38.9 Å². The summed E-state index contributed by atoms with van der Waals surface area (Å²) in [5.41, 5.74) is 3.45. The fraction of sp³-hybridized carbons (Fsp3) is 0.294. The Hall–Kier alpha value is -2.16. The first-order valence-corrected chi connectivity index (χ1v) is 6.93. The molecule has 3 heteroatoms. The Bertz CT molecular complexity index is 710. The highest BCUT2D eigenvalue weighted by Gasteiger charge is 2.30. The molecule has 3 nitrogen and oxygen atoms in total. The maximum absolute atomic E-state index is 5.91. The van der Waals surface area contributed by atoms with E-state index in [1.54, 1.807) is 0 Å². The molecule has 1 aromatic carbocycles. The largest absolute Gasteiger partial charge is 0.440 e. The molecule has 0 aliphatic heterocycles. The third kappa shape index (κ3) is 2.09. The molecule has 0 bridgehead atoms. The highest BCUT2D eigenvalue weighted by Crippen LogP contribution is 2.31. The second kappa shape index (κ2) is 4.75. The van der Waals surface area contributed by atoms with Crippen molar-refractivity contribution in [2.75, 3.05) is 0 Å². The fourth-order valence-electron chi connectivity index (χ4n) is 2.27. The average molecular weight is 266 g/mol. The van der Waals surface area contributed by atoms with Gasteiger partial charge in [0.1, 0.15) is 5.52 Å². The highest BCUT2D eigenvalue weighted by molar-refractivity contribution is 5.72. The van der Waals surface area contributed by atoms with Crippen molar-refractivity contribution >= 4 is 11.1 Å². The molecule has 0 aliphatic rings. The molecule has 0 saturated carbocycles. The molecule has 2 aromatic heterocycles. The van der Waals surface area contributed by atoms with Crippen molar-refractivity contribution < 1.29 is 4.42 Å². The average Bonchev–Trinajstić information content (AvgIpc) is 2.92. The van der Waals surface area contributed by atoms with E-state index in [1.165, 1.54) is 0 Å². The molecule has 0 aliphatic carbocycles. The Balaban J connectivity index is 2.09. The lowest BCUT2D eigenvalue weighted by Crippen LogP contribution is -2.21. The summed E-state index contributed by atoms with van der Waals surface area (Å²) in [4.78, 5) is 9.32. The van der Waals surface area contributed by atoms with Gasteiger partial charge in [-0.15, -0.1) is 0 Å². The van der Waals surface area contributed by atoms with E-state index in [2.05, 4.69) is 25.8 Å². The summed E-state index contributed by atoms with van der Waals surface area (Å²) >= 11 is 0. The van der Waals surface area contributed by atoms with Gasteiger partial charge in [-0.05, 0) is 44.5 Å². The number of hydrogen-bond acceptors (Lipinski definition) is 3. The Morgan fingerprint density at radius 1 is 1.00 bits per heavy atom. The molecule has 2 heterocycles. The van der Waals surface area contributed by atoms with E-state index in [4.69, 9.17) is 9.40 Å². The van der Waals surface area contributed by atoms with Crippen LogP contribution < -0.4 is 0 Å². The highest BCUT2D eigenvalue weighted by atomic mass is 16.3. The standard InChI is InChI=1S/C17H18N2O/c1-4-12-8-7-11-15(18-12)17(2,3)16-19-13-9-5-6-10-14(13)20-16/h5-11H,4H2,1-3H3. The lowest BCUT2D eigenvalue weighted by atomic mass is 9.88. The van der Waals surface area contributed by atoms with Gasteiger partial charge in [0, 0.05) is 5.69 Å². The minimum absolute atomic E-state index is 0.343. The van der Waals surface area contributed by atoms with Gasteiger partial charge in [-0.25, -0.2) is 4.98 Å².